The minimum atomic E-state index is 1.16. The summed E-state index contributed by atoms with van der Waals surface area (Å²) in [6.45, 7) is 0. The summed E-state index contributed by atoms with van der Waals surface area (Å²) < 4.78 is 0. The molecule has 46 valence electrons. The molecular weight excluding hydrogens is 128 g/mol. The van der Waals surface area contributed by atoms with E-state index in [1.807, 2.05) is 36.4 Å². The Morgan fingerprint density at radius 2 is 1.78 bits per heavy atom. The minimum absolute atomic E-state index is 1.16. The zero-order valence-corrected chi connectivity index (χ0v) is 5.77. The SMILES string of the molecule is [S-]C=Cc1ccccc1. The number of hydrogen-bond acceptors (Lipinski definition) is 1. The van der Waals surface area contributed by atoms with Crippen molar-refractivity contribution < 1.29 is 0 Å². The van der Waals surface area contributed by atoms with Crippen LogP contribution in [-0.2, 0) is 12.6 Å². The first kappa shape index (κ1) is 6.30. The fourth-order valence-electron chi connectivity index (χ4n) is 0.643. The van der Waals surface area contributed by atoms with Crippen LogP contribution in [0.3, 0.4) is 0 Å². The van der Waals surface area contributed by atoms with Gasteiger partial charge in [0.25, 0.3) is 0 Å². The van der Waals surface area contributed by atoms with Gasteiger partial charge in [0, 0.05) is 0 Å². The van der Waals surface area contributed by atoms with Crippen molar-refractivity contribution in [2.24, 2.45) is 0 Å². The molecule has 0 amide bonds. The molecule has 0 fully saturated rings. The van der Waals surface area contributed by atoms with E-state index in [0.717, 1.165) is 5.56 Å². The Hall–Kier alpha value is -0.820. The van der Waals surface area contributed by atoms with Crippen LogP contribution in [0.25, 0.3) is 6.08 Å². The second kappa shape index (κ2) is 3.25. The Bertz CT molecular complexity index is 189. The molecule has 0 N–H and O–H groups in total. The predicted molar refractivity (Wildman–Crippen MR) is 42.8 cm³/mol. The molecule has 0 saturated heterocycles. The molecule has 0 aliphatic carbocycles. The van der Waals surface area contributed by atoms with Crippen LogP contribution in [0.15, 0.2) is 35.7 Å². The standard InChI is InChI=1S/C8H8S/c9-7-6-8-4-2-1-3-5-8/h1-7,9H/p-1. The minimum Gasteiger partial charge on any atom is -0.787 e. The monoisotopic (exact) mass is 135 g/mol. The highest BCUT2D eigenvalue weighted by molar-refractivity contribution is 7.62. The van der Waals surface area contributed by atoms with E-state index >= 15 is 0 Å². The molecule has 0 unspecified atom stereocenters. The average Bonchev–Trinajstić information content (AvgIpc) is 1.91. The van der Waals surface area contributed by atoms with Crippen molar-refractivity contribution in [1.82, 2.24) is 0 Å². The molecule has 1 aromatic carbocycles. The van der Waals surface area contributed by atoms with E-state index < -0.39 is 0 Å². The highest BCUT2D eigenvalue weighted by Gasteiger charge is 1.76. The largest absolute Gasteiger partial charge is 0.787 e. The van der Waals surface area contributed by atoms with Crippen LogP contribution in [-0.4, -0.2) is 0 Å². The maximum Gasteiger partial charge on any atom is -0.0277 e. The van der Waals surface area contributed by atoms with Gasteiger partial charge in [-0.05, 0) is 5.56 Å². The normalized spacial score (nSPS) is 10.2. The zero-order chi connectivity index (χ0) is 6.53. The van der Waals surface area contributed by atoms with Gasteiger partial charge in [0.2, 0.25) is 0 Å². The van der Waals surface area contributed by atoms with E-state index in [2.05, 4.69) is 12.6 Å². The van der Waals surface area contributed by atoms with Gasteiger partial charge in [-0.3, -0.25) is 0 Å². The van der Waals surface area contributed by atoms with Crippen molar-refractivity contribution in [2.45, 2.75) is 0 Å². The lowest BCUT2D eigenvalue weighted by atomic mass is 10.2. The summed E-state index contributed by atoms with van der Waals surface area (Å²) in [7, 11) is 0. The molecule has 0 bridgehead atoms. The summed E-state index contributed by atoms with van der Waals surface area (Å²) in [5.41, 5.74) is 1.16. The molecule has 0 nitrogen and oxygen atoms in total. The van der Waals surface area contributed by atoms with Crippen molar-refractivity contribution in [1.29, 1.82) is 0 Å². The van der Waals surface area contributed by atoms with Crippen molar-refractivity contribution in [2.75, 3.05) is 0 Å². The molecule has 0 saturated carbocycles. The third-order valence-electron chi connectivity index (χ3n) is 1.06. The summed E-state index contributed by atoms with van der Waals surface area (Å²) in [4.78, 5) is 0. The van der Waals surface area contributed by atoms with Gasteiger partial charge >= 0.3 is 0 Å². The van der Waals surface area contributed by atoms with Crippen molar-refractivity contribution in [3.8, 4) is 0 Å². The van der Waals surface area contributed by atoms with Crippen molar-refractivity contribution in [3.63, 3.8) is 0 Å². The van der Waals surface area contributed by atoms with Crippen LogP contribution >= 0.6 is 0 Å². The Kier molecular flexibility index (Phi) is 2.28. The first-order valence-corrected chi connectivity index (χ1v) is 3.24. The molecule has 9 heavy (non-hydrogen) atoms. The second-order valence-electron chi connectivity index (χ2n) is 1.71. The highest BCUT2D eigenvalue weighted by atomic mass is 32.1. The van der Waals surface area contributed by atoms with Gasteiger partial charge in [0.15, 0.2) is 0 Å². The molecule has 1 heteroatoms. The first-order valence-electron chi connectivity index (χ1n) is 2.77. The van der Waals surface area contributed by atoms with Crippen LogP contribution in [0.1, 0.15) is 5.56 Å². The fourth-order valence-corrected chi connectivity index (χ4v) is 0.800. The number of rotatable bonds is 1. The van der Waals surface area contributed by atoms with Gasteiger partial charge in [-0.15, -0.1) is 0 Å². The summed E-state index contributed by atoms with van der Waals surface area (Å²) in [6.07, 6.45) is 1.90. The number of benzene rings is 1. The Morgan fingerprint density at radius 3 is 2.33 bits per heavy atom. The van der Waals surface area contributed by atoms with Crippen molar-refractivity contribution in [3.05, 3.63) is 41.3 Å². The second-order valence-corrected chi connectivity index (χ2v) is 1.99. The third-order valence-corrected chi connectivity index (χ3v) is 1.20. The molecule has 0 radical (unpaired) electrons. The molecule has 0 aliphatic rings. The fraction of sp³-hybridized carbons (Fsp3) is 0. The van der Waals surface area contributed by atoms with Gasteiger partial charge in [0.1, 0.15) is 0 Å². The Labute approximate surface area is 60.6 Å². The maximum atomic E-state index is 4.65. The quantitative estimate of drug-likeness (QED) is 0.532. The van der Waals surface area contributed by atoms with Crippen molar-refractivity contribution >= 4 is 18.7 Å². The summed E-state index contributed by atoms with van der Waals surface area (Å²) in [5.74, 6) is 0. The highest BCUT2D eigenvalue weighted by Crippen LogP contribution is 1.99. The molecule has 1 rings (SSSR count). The molecule has 0 atom stereocenters. The van der Waals surface area contributed by atoms with Gasteiger partial charge in [-0.1, -0.05) is 36.4 Å². The molecule has 0 aliphatic heterocycles. The molecule has 0 spiro atoms. The lowest BCUT2D eigenvalue weighted by molar-refractivity contribution is 1.67. The molecule has 1 aromatic rings. The van der Waals surface area contributed by atoms with E-state index in [1.165, 1.54) is 0 Å². The topological polar surface area (TPSA) is 0 Å². The van der Waals surface area contributed by atoms with Gasteiger partial charge < -0.3 is 12.6 Å². The summed E-state index contributed by atoms with van der Waals surface area (Å²) in [6, 6.07) is 10.0. The predicted octanol–water partition coefficient (Wildman–Crippen LogP) is 2.20. The number of hydrogen-bond donors (Lipinski definition) is 0. The first-order chi connectivity index (χ1) is 4.43. The maximum absolute atomic E-state index is 4.65. The van der Waals surface area contributed by atoms with E-state index in [0.29, 0.717) is 0 Å². The Balaban J connectivity index is 2.85. The van der Waals surface area contributed by atoms with Gasteiger partial charge in [-0.25, -0.2) is 5.41 Å². The molecule has 0 aromatic heterocycles. The van der Waals surface area contributed by atoms with E-state index in [1.54, 1.807) is 5.41 Å². The van der Waals surface area contributed by atoms with Crippen LogP contribution < -0.4 is 0 Å². The third kappa shape index (κ3) is 1.86. The van der Waals surface area contributed by atoms with Crippen LogP contribution in [0.2, 0.25) is 0 Å². The van der Waals surface area contributed by atoms with Gasteiger partial charge in [-0.2, -0.15) is 0 Å². The Morgan fingerprint density at radius 1 is 1.11 bits per heavy atom. The van der Waals surface area contributed by atoms with Crippen LogP contribution in [0.4, 0.5) is 0 Å². The van der Waals surface area contributed by atoms with Crippen LogP contribution in [0, 0.1) is 0 Å². The summed E-state index contributed by atoms with van der Waals surface area (Å²) >= 11 is 4.65. The summed E-state index contributed by atoms with van der Waals surface area (Å²) in [5, 5.41) is 1.62. The van der Waals surface area contributed by atoms with Crippen LogP contribution in [0.5, 0.6) is 0 Å². The smallest absolute Gasteiger partial charge is 0.0277 e. The lowest BCUT2D eigenvalue weighted by Gasteiger charge is -1.91. The zero-order valence-electron chi connectivity index (χ0n) is 4.95. The lowest BCUT2D eigenvalue weighted by Crippen LogP contribution is -1.65. The molecular formula is C8H7S-. The van der Waals surface area contributed by atoms with Gasteiger partial charge in [0.05, 0.1) is 0 Å². The van der Waals surface area contributed by atoms with E-state index in [4.69, 9.17) is 0 Å². The molecule has 0 heterocycles. The van der Waals surface area contributed by atoms with E-state index in [9.17, 15) is 0 Å². The van der Waals surface area contributed by atoms with E-state index in [-0.39, 0.29) is 0 Å². The average molecular weight is 135 g/mol.